The predicted octanol–water partition coefficient (Wildman–Crippen LogP) is 3.75. The van der Waals surface area contributed by atoms with E-state index in [1.807, 2.05) is 54.4 Å². The van der Waals surface area contributed by atoms with Gasteiger partial charge in [-0.2, -0.15) is 0 Å². The zero-order chi connectivity index (χ0) is 23.6. The van der Waals surface area contributed by atoms with Gasteiger partial charge in [-0.05, 0) is 56.3 Å². The maximum atomic E-state index is 13.3. The second kappa shape index (κ2) is 9.56. The molecule has 0 spiro atoms. The fraction of sp³-hybridized carbons (Fsp3) is 0.481. The number of piperidine rings is 1. The minimum absolute atomic E-state index is 0.00524. The van der Waals surface area contributed by atoms with E-state index in [0.717, 1.165) is 31.7 Å². The van der Waals surface area contributed by atoms with Crippen molar-refractivity contribution < 1.29 is 19.1 Å². The van der Waals surface area contributed by atoms with Crippen LogP contribution in [0.25, 0.3) is 0 Å². The number of hydrogen-bond donors (Lipinski definition) is 0. The summed E-state index contributed by atoms with van der Waals surface area (Å²) in [6.07, 6.45) is 2.13. The fourth-order valence-corrected chi connectivity index (χ4v) is 5.84. The summed E-state index contributed by atoms with van der Waals surface area (Å²) in [4.78, 5) is 29.6. The van der Waals surface area contributed by atoms with Gasteiger partial charge < -0.3 is 19.3 Å². The van der Waals surface area contributed by atoms with E-state index in [2.05, 4.69) is 24.1 Å². The van der Waals surface area contributed by atoms with Crippen molar-refractivity contribution >= 4 is 11.9 Å². The topological polar surface area (TPSA) is 59.1 Å². The van der Waals surface area contributed by atoms with E-state index in [4.69, 9.17) is 9.47 Å². The largest absolute Gasteiger partial charge is 0.497 e. The number of methoxy groups -OCH3 is 1. The molecule has 2 aliphatic rings. The van der Waals surface area contributed by atoms with Crippen molar-refractivity contribution in [1.82, 2.24) is 9.80 Å². The smallest absolute Gasteiger partial charge is 0.302 e. The van der Waals surface area contributed by atoms with Crippen molar-refractivity contribution in [1.29, 1.82) is 0 Å². The molecule has 0 N–H and O–H groups in total. The van der Waals surface area contributed by atoms with Crippen molar-refractivity contribution in [2.75, 3.05) is 34.3 Å². The molecule has 33 heavy (non-hydrogen) atoms. The number of ether oxygens (including phenoxy) is 2. The third kappa shape index (κ3) is 4.62. The quantitative estimate of drug-likeness (QED) is 0.650. The highest BCUT2D eigenvalue weighted by molar-refractivity contribution is 5.94. The van der Waals surface area contributed by atoms with Gasteiger partial charge in [0.05, 0.1) is 7.11 Å². The second-order valence-corrected chi connectivity index (χ2v) is 9.53. The molecule has 6 nitrogen and oxygen atoms in total. The molecule has 1 unspecified atom stereocenters. The Balaban J connectivity index is 1.75. The zero-order valence-electron chi connectivity index (χ0n) is 20.0. The van der Waals surface area contributed by atoms with Gasteiger partial charge in [-0.1, -0.05) is 30.3 Å². The number of fused-ring (bicyclic) bond motifs is 1. The van der Waals surface area contributed by atoms with E-state index in [1.165, 1.54) is 12.5 Å². The van der Waals surface area contributed by atoms with Gasteiger partial charge in [-0.3, -0.25) is 9.59 Å². The van der Waals surface area contributed by atoms with Crippen LogP contribution >= 0.6 is 0 Å². The number of amides is 1. The zero-order valence-corrected chi connectivity index (χ0v) is 20.0. The van der Waals surface area contributed by atoms with Crippen molar-refractivity contribution in [3.63, 3.8) is 0 Å². The SMILES string of the molecule is COc1cccc([C@@]23CCN(C)C[C@H]2C(OC(C)=O)C[C@H](N(C)C(=O)c2ccccc2)C3)c1. The van der Waals surface area contributed by atoms with Gasteiger partial charge in [0, 0.05) is 49.9 Å². The Kier molecular flexibility index (Phi) is 6.75. The average Bonchev–Trinajstić information content (AvgIpc) is 2.83. The summed E-state index contributed by atoms with van der Waals surface area (Å²) in [5.41, 5.74) is 1.65. The van der Waals surface area contributed by atoms with Crippen molar-refractivity contribution in [2.45, 2.75) is 43.7 Å². The second-order valence-electron chi connectivity index (χ2n) is 9.53. The Morgan fingerprint density at radius 3 is 2.58 bits per heavy atom. The van der Waals surface area contributed by atoms with Gasteiger partial charge in [0.2, 0.25) is 0 Å². The highest BCUT2D eigenvalue weighted by Gasteiger charge is 2.54. The summed E-state index contributed by atoms with van der Waals surface area (Å²) in [6.45, 7) is 3.27. The molecule has 1 amide bonds. The first-order valence-corrected chi connectivity index (χ1v) is 11.7. The van der Waals surface area contributed by atoms with Gasteiger partial charge in [0.25, 0.3) is 5.91 Å². The van der Waals surface area contributed by atoms with Gasteiger partial charge in [0.15, 0.2) is 0 Å². The molecule has 1 aliphatic heterocycles. The Labute approximate surface area is 196 Å². The third-order valence-electron chi connectivity index (χ3n) is 7.56. The highest BCUT2D eigenvalue weighted by atomic mass is 16.5. The van der Waals surface area contributed by atoms with Gasteiger partial charge in [-0.25, -0.2) is 0 Å². The highest BCUT2D eigenvalue weighted by Crippen LogP contribution is 2.51. The van der Waals surface area contributed by atoms with Crippen molar-refractivity contribution in [2.24, 2.45) is 5.92 Å². The number of benzene rings is 2. The number of likely N-dealkylation sites (tertiary alicyclic amines) is 1. The average molecular weight is 451 g/mol. The van der Waals surface area contributed by atoms with Crippen LogP contribution in [-0.4, -0.2) is 68.1 Å². The first-order valence-electron chi connectivity index (χ1n) is 11.7. The molecule has 1 saturated heterocycles. The van der Waals surface area contributed by atoms with Crippen LogP contribution in [0.1, 0.15) is 42.1 Å². The van der Waals surface area contributed by atoms with E-state index in [9.17, 15) is 9.59 Å². The first kappa shape index (κ1) is 23.3. The molecule has 1 saturated carbocycles. The molecule has 0 radical (unpaired) electrons. The number of nitrogens with zero attached hydrogens (tertiary/aromatic N) is 2. The van der Waals surface area contributed by atoms with Crippen LogP contribution in [0.15, 0.2) is 54.6 Å². The molecule has 0 bridgehead atoms. The Morgan fingerprint density at radius 2 is 1.88 bits per heavy atom. The summed E-state index contributed by atoms with van der Waals surface area (Å²) in [7, 11) is 5.68. The van der Waals surface area contributed by atoms with E-state index in [-0.39, 0.29) is 35.4 Å². The molecule has 2 aromatic carbocycles. The molecule has 1 heterocycles. The summed E-state index contributed by atoms with van der Waals surface area (Å²) in [5, 5.41) is 0. The number of hydrogen-bond acceptors (Lipinski definition) is 5. The lowest BCUT2D eigenvalue weighted by atomic mass is 9.56. The number of carbonyl (C=O) groups excluding carboxylic acids is 2. The van der Waals surface area contributed by atoms with E-state index >= 15 is 0 Å². The number of rotatable bonds is 5. The summed E-state index contributed by atoms with van der Waals surface area (Å²) in [5.74, 6) is 0.683. The van der Waals surface area contributed by atoms with E-state index < -0.39 is 0 Å². The Bertz CT molecular complexity index is 995. The molecule has 6 heteroatoms. The minimum atomic E-state index is -0.273. The maximum absolute atomic E-state index is 13.3. The van der Waals surface area contributed by atoms with Crippen LogP contribution in [0, 0.1) is 5.92 Å². The van der Waals surface area contributed by atoms with Crippen LogP contribution in [-0.2, 0) is 14.9 Å². The van der Waals surface area contributed by atoms with Crippen LogP contribution < -0.4 is 4.74 Å². The maximum Gasteiger partial charge on any atom is 0.302 e. The molecular formula is C27H34N2O4. The molecule has 4 rings (SSSR count). The van der Waals surface area contributed by atoms with Crippen LogP contribution in [0.4, 0.5) is 0 Å². The van der Waals surface area contributed by atoms with Gasteiger partial charge in [-0.15, -0.1) is 0 Å². The fourth-order valence-electron chi connectivity index (χ4n) is 5.84. The predicted molar refractivity (Wildman–Crippen MR) is 127 cm³/mol. The van der Waals surface area contributed by atoms with Gasteiger partial charge in [0.1, 0.15) is 11.9 Å². The van der Waals surface area contributed by atoms with E-state index in [0.29, 0.717) is 12.0 Å². The minimum Gasteiger partial charge on any atom is -0.497 e. The van der Waals surface area contributed by atoms with Crippen molar-refractivity contribution in [3.8, 4) is 5.75 Å². The molecular weight excluding hydrogens is 416 g/mol. The molecule has 2 fully saturated rings. The van der Waals surface area contributed by atoms with Gasteiger partial charge >= 0.3 is 5.97 Å². The van der Waals surface area contributed by atoms with Crippen molar-refractivity contribution in [3.05, 3.63) is 65.7 Å². The monoisotopic (exact) mass is 450 g/mol. The molecule has 176 valence electrons. The van der Waals surface area contributed by atoms with Crippen LogP contribution in [0.5, 0.6) is 5.75 Å². The molecule has 2 aromatic rings. The summed E-state index contributed by atoms with van der Waals surface area (Å²) < 4.78 is 11.5. The van der Waals surface area contributed by atoms with Crippen LogP contribution in [0.2, 0.25) is 0 Å². The van der Waals surface area contributed by atoms with Crippen LogP contribution in [0.3, 0.4) is 0 Å². The molecule has 4 atom stereocenters. The molecule has 1 aliphatic carbocycles. The Hall–Kier alpha value is -2.86. The normalized spacial score (nSPS) is 27.3. The number of carbonyl (C=O) groups is 2. The third-order valence-corrected chi connectivity index (χ3v) is 7.56. The van der Waals surface area contributed by atoms with E-state index in [1.54, 1.807) is 7.11 Å². The summed E-state index contributed by atoms with van der Waals surface area (Å²) in [6, 6.07) is 17.6. The molecule has 0 aromatic heterocycles. The lowest BCUT2D eigenvalue weighted by molar-refractivity contribution is -0.158. The summed E-state index contributed by atoms with van der Waals surface area (Å²) >= 11 is 0. The number of esters is 1. The first-order chi connectivity index (χ1) is 15.8. The Morgan fingerprint density at radius 1 is 1.12 bits per heavy atom. The lowest BCUT2D eigenvalue weighted by Crippen LogP contribution is -2.61. The lowest BCUT2D eigenvalue weighted by Gasteiger charge is -2.56. The standard InChI is InChI=1S/C27H34N2O4/c1-19(30)33-25-16-22(29(3)26(31)20-9-6-5-7-10-20)17-27(13-14-28(2)18-24(25)27)21-11-8-12-23(15-21)32-4/h5-12,15,22,24-25H,13-14,16-18H2,1-4H3/t22-,24-,25?,27-/m0/s1.